The van der Waals surface area contributed by atoms with Gasteiger partial charge in [-0.25, -0.2) is 0 Å². The van der Waals surface area contributed by atoms with Crippen LogP contribution in [0.2, 0.25) is 5.02 Å². The molecule has 1 amide bonds. The number of hydrogen-bond acceptors (Lipinski definition) is 2. The lowest BCUT2D eigenvalue weighted by Crippen LogP contribution is -2.27. The Balaban J connectivity index is 2.14. The molecule has 98 valence electrons. The van der Waals surface area contributed by atoms with Gasteiger partial charge in [0.1, 0.15) is 5.75 Å². The Hall–Kier alpha value is -2.00. The Morgan fingerprint density at radius 1 is 1.21 bits per heavy atom. The normalized spacial score (nSPS) is 10.2. The standard InChI is InChI=1S/C15H14ClNO2/c1-17(12-6-4-7-13(18)10-12)15(19)9-11-5-2-3-8-14(11)16/h2-8,10,18H,9H2,1H3. The van der Waals surface area contributed by atoms with E-state index in [2.05, 4.69) is 0 Å². The van der Waals surface area contributed by atoms with Crippen LogP contribution in [0, 0.1) is 0 Å². The second-order valence-electron chi connectivity index (χ2n) is 4.24. The van der Waals surface area contributed by atoms with Gasteiger partial charge in [-0.05, 0) is 23.8 Å². The first-order chi connectivity index (χ1) is 9.08. The second-order valence-corrected chi connectivity index (χ2v) is 4.65. The Labute approximate surface area is 117 Å². The molecular weight excluding hydrogens is 262 g/mol. The van der Waals surface area contributed by atoms with Gasteiger partial charge in [0.15, 0.2) is 0 Å². The Bertz CT molecular complexity index is 598. The maximum absolute atomic E-state index is 12.2. The van der Waals surface area contributed by atoms with Crippen LogP contribution in [0.3, 0.4) is 0 Å². The minimum absolute atomic E-state index is 0.0845. The largest absolute Gasteiger partial charge is 0.508 e. The zero-order valence-corrected chi connectivity index (χ0v) is 11.3. The van der Waals surface area contributed by atoms with Gasteiger partial charge in [-0.2, -0.15) is 0 Å². The summed E-state index contributed by atoms with van der Waals surface area (Å²) in [5.74, 6) is 0.0496. The molecule has 3 nitrogen and oxygen atoms in total. The number of carbonyl (C=O) groups excluding carboxylic acids is 1. The number of hydrogen-bond donors (Lipinski definition) is 1. The van der Waals surface area contributed by atoms with E-state index in [4.69, 9.17) is 11.6 Å². The van der Waals surface area contributed by atoms with Gasteiger partial charge in [0.05, 0.1) is 6.42 Å². The quantitative estimate of drug-likeness (QED) is 0.934. The Morgan fingerprint density at radius 2 is 1.95 bits per heavy atom. The van der Waals surface area contributed by atoms with Crippen molar-refractivity contribution >= 4 is 23.2 Å². The Morgan fingerprint density at radius 3 is 2.63 bits per heavy atom. The lowest BCUT2D eigenvalue weighted by atomic mass is 10.1. The van der Waals surface area contributed by atoms with Crippen molar-refractivity contribution < 1.29 is 9.90 Å². The van der Waals surface area contributed by atoms with Crippen molar-refractivity contribution in [3.8, 4) is 5.75 Å². The first kappa shape index (κ1) is 13.4. The molecule has 0 fully saturated rings. The lowest BCUT2D eigenvalue weighted by Gasteiger charge is -2.17. The molecule has 0 radical (unpaired) electrons. The number of likely N-dealkylation sites (N-methyl/N-ethyl adjacent to an activating group) is 1. The molecule has 1 N–H and O–H groups in total. The van der Waals surface area contributed by atoms with Gasteiger partial charge in [0.25, 0.3) is 0 Å². The predicted octanol–water partition coefficient (Wildman–Crippen LogP) is 3.25. The van der Waals surface area contributed by atoms with Crippen LogP contribution in [0.1, 0.15) is 5.56 Å². The van der Waals surface area contributed by atoms with Gasteiger partial charge < -0.3 is 10.0 Å². The van der Waals surface area contributed by atoms with E-state index in [1.54, 1.807) is 37.4 Å². The van der Waals surface area contributed by atoms with E-state index in [0.717, 1.165) is 5.56 Å². The number of halogens is 1. The van der Waals surface area contributed by atoms with E-state index in [9.17, 15) is 9.90 Å². The number of phenolic OH excluding ortho intramolecular Hbond substituents is 1. The van der Waals surface area contributed by atoms with Crippen LogP contribution in [0.4, 0.5) is 5.69 Å². The van der Waals surface area contributed by atoms with Gasteiger partial charge in [-0.15, -0.1) is 0 Å². The zero-order valence-electron chi connectivity index (χ0n) is 10.5. The zero-order chi connectivity index (χ0) is 13.8. The van der Waals surface area contributed by atoms with E-state index < -0.39 is 0 Å². The van der Waals surface area contributed by atoms with E-state index in [0.29, 0.717) is 10.7 Å². The average Bonchev–Trinajstić information content (AvgIpc) is 2.40. The van der Waals surface area contributed by atoms with E-state index >= 15 is 0 Å². The Kier molecular flexibility index (Phi) is 4.07. The number of benzene rings is 2. The predicted molar refractivity (Wildman–Crippen MR) is 76.7 cm³/mol. The van der Waals surface area contributed by atoms with Crippen molar-refractivity contribution in [1.29, 1.82) is 0 Å². The van der Waals surface area contributed by atoms with E-state index in [-0.39, 0.29) is 18.1 Å². The van der Waals surface area contributed by atoms with Crippen LogP contribution < -0.4 is 4.90 Å². The molecular formula is C15H14ClNO2. The van der Waals surface area contributed by atoms with Crippen LogP contribution >= 0.6 is 11.6 Å². The monoisotopic (exact) mass is 275 g/mol. The van der Waals surface area contributed by atoms with Gasteiger partial charge in [0, 0.05) is 23.8 Å². The summed E-state index contributed by atoms with van der Waals surface area (Å²) in [6.45, 7) is 0. The molecule has 0 heterocycles. The molecule has 0 spiro atoms. The summed E-state index contributed by atoms with van der Waals surface area (Å²) in [6.07, 6.45) is 0.228. The number of nitrogens with zero attached hydrogens (tertiary/aromatic N) is 1. The summed E-state index contributed by atoms with van der Waals surface area (Å²) in [5.41, 5.74) is 1.44. The number of anilines is 1. The van der Waals surface area contributed by atoms with Crippen molar-refractivity contribution in [2.45, 2.75) is 6.42 Å². The molecule has 0 bridgehead atoms. The van der Waals surface area contributed by atoms with Crippen LogP contribution in [-0.4, -0.2) is 18.1 Å². The highest BCUT2D eigenvalue weighted by Crippen LogP contribution is 2.21. The van der Waals surface area contributed by atoms with Gasteiger partial charge >= 0.3 is 0 Å². The summed E-state index contributed by atoms with van der Waals surface area (Å²) in [4.78, 5) is 13.7. The average molecular weight is 276 g/mol. The van der Waals surface area contributed by atoms with Gasteiger partial charge in [-0.1, -0.05) is 35.9 Å². The minimum Gasteiger partial charge on any atom is -0.508 e. The lowest BCUT2D eigenvalue weighted by molar-refractivity contribution is -0.117. The van der Waals surface area contributed by atoms with Crippen LogP contribution in [0.15, 0.2) is 48.5 Å². The summed E-state index contributed by atoms with van der Waals surface area (Å²) < 4.78 is 0. The number of carbonyl (C=O) groups is 1. The molecule has 0 aliphatic rings. The molecule has 2 aromatic carbocycles. The van der Waals surface area contributed by atoms with Crippen molar-refractivity contribution in [1.82, 2.24) is 0 Å². The van der Waals surface area contributed by atoms with Crippen molar-refractivity contribution in [3.05, 3.63) is 59.1 Å². The molecule has 0 saturated carbocycles. The molecule has 0 aliphatic carbocycles. The summed E-state index contributed by atoms with van der Waals surface area (Å²) in [6, 6.07) is 13.8. The van der Waals surface area contributed by atoms with Crippen LogP contribution in [0.25, 0.3) is 0 Å². The van der Waals surface area contributed by atoms with Crippen molar-refractivity contribution in [2.24, 2.45) is 0 Å². The number of phenols is 1. The number of aromatic hydroxyl groups is 1. The summed E-state index contributed by atoms with van der Waals surface area (Å²) in [7, 11) is 1.67. The van der Waals surface area contributed by atoms with Gasteiger partial charge in [0.2, 0.25) is 5.91 Å². The highest BCUT2D eigenvalue weighted by molar-refractivity contribution is 6.31. The first-order valence-corrected chi connectivity index (χ1v) is 6.24. The summed E-state index contributed by atoms with van der Waals surface area (Å²) >= 11 is 6.03. The smallest absolute Gasteiger partial charge is 0.231 e. The SMILES string of the molecule is CN(C(=O)Cc1ccccc1Cl)c1cccc(O)c1. The molecule has 2 rings (SSSR count). The van der Waals surface area contributed by atoms with E-state index in [1.165, 1.54) is 4.90 Å². The van der Waals surface area contributed by atoms with Crippen molar-refractivity contribution in [3.63, 3.8) is 0 Å². The molecule has 0 atom stereocenters. The third-order valence-corrected chi connectivity index (χ3v) is 3.26. The first-order valence-electron chi connectivity index (χ1n) is 5.87. The maximum atomic E-state index is 12.2. The van der Waals surface area contributed by atoms with Crippen LogP contribution in [0.5, 0.6) is 5.75 Å². The third-order valence-electron chi connectivity index (χ3n) is 2.89. The fourth-order valence-electron chi connectivity index (χ4n) is 1.77. The summed E-state index contributed by atoms with van der Waals surface area (Å²) in [5, 5.41) is 10.0. The number of amides is 1. The third kappa shape index (κ3) is 3.26. The molecule has 2 aromatic rings. The fraction of sp³-hybridized carbons (Fsp3) is 0.133. The number of rotatable bonds is 3. The topological polar surface area (TPSA) is 40.5 Å². The van der Waals surface area contributed by atoms with Crippen LogP contribution in [-0.2, 0) is 11.2 Å². The molecule has 0 aromatic heterocycles. The van der Waals surface area contributed by atoms with E-state index in [1.807, 2.05) is 18.2 Å². The minimum atomic E-state index is -0.0845. The highest BCUT2D eigenvalue weighted by atomic mass is 35.5. The molecule has 19 heavy (non-hydrogen) atoms. The molecule has 4 heteroatoms. The van der Waals surface area contributed by atoms with Crippen molar-refractivity contribution in [2.75, 3.05) is 11.9 Å². The molecule has 0 unspecified atom stereocenters. The van der Waals surface area contributed by atoms with Gasteiger partial charge in [-0.3, -0.25) is 4.79 Å². The maximum Gasteiger partial charge on any atom is 0.231 e. The second kappa shape index (κ2) is 5.76. The fourth-order valence-corrected chi connectivity index (χ4v) is 1.97. The molecule has 0 aliphatic heterocycles. The molecule has 0 saturated heterocycles. The highest BCUT2D eigenvalue weighted by Gasteiger charge is 2.13.